The summed E-state index contributed by atoms with van der Waals surface area (Å²) >= 11 is 8.27. The van der Waals surface area contributed by atoms with E-state index in [1.54, 1.807) is 0 Å². The minimum atomic E-state index is -1.58. The fourth-order valence-electron chi connectivity index (χ4n) is 6.10. The van der Waals surface area contributed by atoms with Gasteiger partial charge in [0.25, 0.3) is 0 Å². The third-order valence-electron chi connectivity index (χ3n) is 8.99. The van der Waals surface area contributed by atoms with E-state index in [1.165, 1.54) is 16.7 Å². The van der Waals surface area contributed by atoms with E-state index in [1.807, 2.05) is 0 Å². The van der Waals surface area contributed by atoms with Crippen LogP contribution < -0.4 is 27.4 Å². The molecule has 0 spiro atoms. The van der Waals surface area contributed by atoms with E-state index in [0.29, 0.717) is 32.2 Å². The van der Waals surface area contributed by atoms with Gasteiger partial charge in [0.05, 0.1) is 6.10 Å². The molecule has 6 amide bonds. The summed E-state index contributed by atoms with van der Waals surface area (Å²) in [6.07, 6.45) is 3.82. The number of hydrogen-bond acceptors (Lipinski definition) is 11. The first-order valence-electron chi connectivity index (χ1n) is 16.8. The summed E-state index contributed by atoms with van der Waals surface area (Å²) in [6, 6.07) is -6.22. The van der Waals surface area contributed by atoms with Crippen molar-refractivity contribution >= 4 is 66.7 Å². The summed E-state index contributed by atoms with van der Waals surface area (Å²) in [7, 11) is 0. The van der Waals surface area contributed by atoms with E-state index in [2.05, 4.69) is 48.1 Å². The molecule has 16 nitrogen and oxygen atoms in total. The van der Waals surface area contributed by atoms with Gasteiger partial charge in [-0.05, 0) is 45.4 Å². The summed E-state index contributed by atoms with van der Waals surface area (Å²) in [5.41, 5.74) is 10.5. The van der Waals surface area contributed by atoms with Crippen LogP contribution in [0.5, 0.6) is 0 Å². The van der Waals surface area contributed by atoms with Crippen LogP contribution in [-0.4, -0.2) is 128 Å². The average Bonchev–Trinajstić information content (AvgIpc) is 3.75. The first kappa shape index (κ1) is 42.1. The molecule has 0 radical (unpaired) electrons. The van der Waals surface area contributed by atoms with Gasteiger partial charge in [-0.25, -0.2) is 4.79 Å². The smallest absolute Gasteiger partial charge is 0.327 e. The summed E-state index contributed by atoms with van der Waals surface area (Å²) in [4.78, 5) is 93.0. The first-order chi connectivity index (χ1) is 23.1. The molecule has 7 atom stereocenters. The minimum absolute atomic E-state index is 0.118. The molecule has 0 aromatic heterocycles. The SMILES string of the molecule is CCCCCC[C@](N)(CS)C(=O)N1CCC[C@H]1C(=O)N1CCC[C@H]1C(=O)N[C@H](C(=O)N[C@@H](CCC(N)=O)C(=O)N[C@@H](CS)C(=O)O)[C@@H](C)O. The first-order valence-corrected chi connectivity index (χ1v) is 18.1. The number of likely N-dealkylation sites (tertiary alicyclic amines) is 2. The molecule has 2 rings (SSSR count). The Balaban J connectivity index is 2.18. The highest BCUT2D eigenvalue weighted by Crippen LogP contribution is 2.28. The normalized spacial score (nSPS) is 21.2. The zero-order valence-corrected chi connectivity index (χ0v) is 30.1. The molecule has 18 heteroatoms. The number of aliphatic hydroxyl groups is 1. The molecule has 2 heterocycles. The highest BCUT2D eigenvalue weighted by atomic mass is 32.1. The van der Waals surface area contributed by atoms with Gasteiger partial charge < -0.3 is 47.4 Å². The number of hydrogen-bond donors (Lipinski definition) is 9. The molecular formula is C31H53N7O9S2. The second-order valence-corrected chi connectivity index (χ2v) is 13.5. The number of carboxylic acids is 1. The second kappa shape index (κ2) is 19.9. The second-order valence-electron chi connectivity index (χ2n) is 12.8. The van der Waals surface area contributed by atoms with Crippen molar-refractivity contribution in [1.29, 1.82) is 0 Å². The largest absolute Gasteiger partial charge is 0.480 e. The fraction of sp³-hybridized carbons (Fsp3) is 0.774. The van der Waals surface area contributed by atoms with Crippen molar-refractivity contribution in [3.8, 4) is 0 Å². The van der Waals surface area contributed by atoms with Crippen molar-refractivity contribution in [2.24, 2.45) is 11.5 Å². The molecule has 2 aliphatic rings. The van der Waals surface area contributed by atoms with E-state index >= 15 is 0 Å². The number of aliphatic carboxylic acids is 1. The maximum absolute atomic E-state index is 13.9. The van der Waals surface area contributed by atoms with Crippen molar-refractivity contribution in [3.05, 3.63) is 0 Å². The van der Waals surface area contributed by atoms with Crippen LogP contribution in [0.3, 0.4) is 0 Å². The number of nitrogens with two attached hydrogens (primary N) is 2. The Morgan fingerprint density at radius 1 is 0.898 bits per heavy atom. The van der Waals surface area contributed by atoms with Gasteiger partial charge in [0.2, 0.25) is 35.4 Å². The molecule has 278 valence electrons. The predicted octanol–water partition coefficient (Wildman–Crippen LogP) is -1.32. The van der Waals surface area contributed by atoms with Crippen LogP contribution in [0, 0.1) is 0 Å². The standard InChI is InChI=1S/C31H53N7O9S2/c1-3-4-5-6-13-31(33,17-49)30(47)38-15-8-10-22(38)28(44)37-14-7-9-21(37)26(42)36-24(18(2)39)27(43)34-19(11-12-23(32)40)25(41)35-20(16-48)29(45)46/h18-22,24,39,48-49H,3-17,33H2,1-2H3,(H2,32,40)(H,34,43)(H,35,41)(H,36,42)(H,45,46)/t18-,19+,20+,21+,22+,24+,31+/m1/s1. The molecule has 0 aliphatic carbocycles. The molecule has 9 N–H and O–H groups in total. The van der Waals surface area contributed by atoms with Gasteiger partial charge in [0, 0.05) is 31.0 Å². The number of rotatable bonds is 20. The van der Waals surface area contributed by atoms with Crippen LogP contribution in [0.2, 0.25) is 0 Å². The number of nitrogens with one attached hydrogen (secondary N) is 3. The number of nitrogens with zero attached hydrogens (tertiary/aromatic N) is 2. The van der Waals surface area contributed by atoms with Gasteiger partial charge in [-0.1, -0.05) is 32.6 Å². The lowest BCUT2D eigenvalue weighted by molar-refractivity contribution is -0.149. The Bertz CT molecular complexity index is 1210. The van der Waals surface area contributed by atoms with Gasteiger partial charge in [-0.3, -0.25) is 28.8 Å². The highest BCUT2D eigenvalue weighted by Gasteiger charge is 2.46. The highest BCUT2D eigenvalue weighted by molar-refractivity contribution is 7.80. The number of thiol groups is 2. The summed E-state index contributed by atoms with van der Waals surface area (Å²) in [5.74, 6) is -5.68. The van der Waals surface area contributed by atoms with Crippen molar-refractivity contribution in [1.82, 2.24) is 25.8 Å². The molecule has 2 saturated heterocycles. The number of unbranched alkanes of at least 4 members (excludes halogenated alkanes) is 3. The number of amides is 6. The van der Waals surface area contributed by atoms with Crippen LogP contribution in [0.25, 0.3) is 0 Å². The Labute approximate surface area is 298 Å². The van der Waals surface area contributed by atoms with Crippen LogP contribution >= 0.6 is 25.3 Å². The molecule has 2 fully saturated rings. The monoisotopic (exact) mass is 731 g/mol. The summed E-state index contributed by atoms with van der Waals surface area (Å²) in [6.45, 7) is 3.91. The molecule has 2 aliphatic heterocycles. The maximum Gasteiger partial charge on any atom is 0.327 e. The lowest BCUT2D eigenvalue weighted by atomic mass is 9.93. The Morgan fingerprint density at radius 3 is 2.06 bits per heavy atom. The van der Waals surface area contributed by atoms with Crippen molar-refractivity contribution in [2.75, 3.05) is 24.6 Å². The van der Waals surface area contributed by atoms with E-state index in [-0.39, 0.29) is 43.2 Å². The topological polar surface area (TPSA) is 255 Å². The molecular weight excluding hydrogens is 679 g/mol. The van der Waals surface area contributed by atoms with Gasteiger partial charge in [0.15, 0.2) is 0 Å². The predicted molar refractivity (Wildman–Crippen MR) is 186 cm³/mol. The van der Waals surface area contributed by atoms with Gasteiger partial charge in [0.1, 0.15) is 35.7 Å². The van der Waals surface area contributed by atoms with Crippen LogP contribution in [-0.2, 0) is 33.6 Å². The van der Waals surface area contributed by atoms with Crippen LogP contribution in [0.4, 0.5) is 0 Å². The zero-order valence-electron chi connectivity index (χ0n) is 28.3. The van der Waals surface area contributed by atoms with Crippen molar-refractivity contribution < 1.29 is 43.8 Å². The Kier molecular flexibility index (Phi) is 17.1. The molecule has 49 heavy (non-hydrogen) atoms. The van der Waals surface area contributed by atoms with E-state index in [4.69, 9.17) is 11.5 Å². The van der Waals surface area contributed by atoms with Gasteiger partial charge in [-0.15, -0.1) is 0 Å². The van der Waals surface area contributed by atoms with Crippen molar-refractivity contribution in [2.45, 2.75) is 126 Å². The summed E-state index contributed by atoms with van der Waals surface area (Å²) in [5, 5.41) is 26.8. The molecule has 0 aromatic carbocycles. The van der Waals surface area contributed by atoms with Crippen LogP contribution in [0.1, 0.15) is 84.5 Å². The fourth-order valence-corrected chi connectivity index (χ4v) is 6.64. The van der Waals surface area contributed by atoms with E-state index in [9.17, 15) is 43.8 Å². The molecule has 0 bridgehead atoms. The number of carboxylic acid groups (broad SMARTS) is 1. The maximum atomic E-state index is 13.9. The zero-order chi connectivity index (χ0) is 36.9. The lowest BCUT2D eigenvalue weighted by Crippen LogP contribution is -2.62. The van der Waals surface area contributed by atoms with Gasteiger partial charge >= 0.3 is 5.97 Å². The van der Waals surface area contributed by atoms with E-state index in [0.717, 1.165) is 25.7 Å². The minimum Gasteiger partial charge on any atom is -0.480 e. The third-order valence-corrected chi connectivity index (χ3v) is 9.92. The number of aliphatic hydroxyl groups excluding tert-OH is 1. The average molecular weight is 732 g/mol. The number of primary amides is 1. The molecule has 0 unspecified atom stereocenters. The van der Waals surface area contributed by atoms with E-state index < -0.39 is 77.4 Å². The number of carbonyl (C=O) groups is 7. The summed E-state index contributed by atoms with van der Waals surface area (Å²) < 4.78 is 0. The van der Waals surface area contributed by atoms with Crippen LogP contribution in [0.15, 0.2) is 0 Å². The lowest BCUT2D eigenvalue weighted by Gasteiger charge is -2.36. The third kappa shape index (κ3) is 11.7. The Hall–Kier alpha value is -3.09. The van der Waals surface area contributed by atoms with Gasteiger partial charge in [-0.2, -0.15) is 25.3 Å². The molecule has 0 aromatic rings. The number of carbonyl (C=O) groups excluding carboxylic acids is 6. The molecule has 0 saturated carbocycles. The Morgan fingerprint density at radius 2 is 1.51 bits per heavy atom. The van der Waals surface area contributed by atoms with Crippen molar-refractivity contribution in [3.63, 3.8) is 0 Å². The quantitative estimate of drug-likeness (QED) is 0.0528.